The van der Waals surface area contributed by atoms with Gasteiger partial charge >= 0.3 is 5.43 Å². The Morgan fingerprint density at radius 3 is 2.67 bits per heavy atom. The van der Waals surface area contributed by atoms with Crippen LogP contribution in [0.2, 0.25) is 0 Å². The molecule has 0 rings (SSSR count). The molecule has 0 fully saturated rings. The maximum absolute atomic E-state index is 10.1. The predicted molar refractivity (Wildman–Crippen MR) is 36.6 cm³/mol. The molecule has 0 spiro atoms. The van der Waals surface area contributed by atoms with Crippen LogP contribution in [0.25, 0.3) is 0 Å². The molecule has 0 heterocycles. The Bertz CT molecular complexity index is 112. The van der Waals surface area contributed by atoms with Gasteiger partial charge in [0.25, 0.3) is 0 Å². The summed E-state index contributed by atoms with van der Waals surface area (Å²) in [7, 11) is 0. The van der Waals surface area contributed by atoms with Gasteiger partial charge < -0.3 is 4.74 Å². The predicted octanol–water partition coefficient (Wildman–Crippen LogP) is 2.33. The zero-order valence-electron chi connectivity index (χ0n) is 5.26. The molecule has 0 aliphatic carbocycles. The van der Waals surface area contributed by atoms with Crippen LogP contribution in [-0.2, 0) is 4.74 Å². The van der Waals surface area contributed by atoms with E-state index in [1.807, 2.05) is 6.92 Å². The molecule has 0 radical (unpaired) electrons. The van der Waals surface area contributed by atoms with Crippen LogP contribution >= 0.6 is 11.6 Å². The normalized spacial score (nSPS) is 12.2. The van der Waals surface area contributed by atoms with Crippen LogP contribution in [0.4, 0.5) is 4.79 Å². The van der Waals surface area contributed by atoms with Crippen molar-refractivity contribution in [3.05, 3.63) is 12.7 Å². The number of hydrogen-bond acceptors (Lipinski definition) is 2. The first kappa shape index (κ1) is 8.50. The van der Waals surface area contributed by atoms with Crippen molar-refractivity contribution in [2.24, 2.45) is 0 Å². The van der Waals surface area contributed by atoms with E-state index in [0.29, 0.717) is 6.42 Å². The van der Waals surface area contributed by atoms with Gasteiger partial charge in [-0.2, -0.15) is 0 Å². The minimum absolute atomic E-state index is 0.241. The summed E-state index contributed by atoms with van der Waals surface area (Å²) in [4.78, 5) is 10.1. The highest BCUT2D eigenvalue weighted by atomic mass is 35.5. The fraction of sp³-hybridized carbons (Fsp3) is 0.500. The van der Waals surface area contributed by atoms with Crippen molar-refractivity contribution in [3.8, 4) is 0 Å². The maximum Gasteiger partial charge on any atom is 0.404 e. The molecule has 0 saturated carbocycles. The van der Waals surface area contributed by atoms with Gasteiger partial charge in [0.05, 0.1) is 0 Å². The molecule has 0 saturated heterocycles. The van der Waals surface area contributed by atoms with Crippen molar-refractivity contribution in [2.45, 2.75) is 19.4 Å². The van der Waals surface area contributed by atoms with Gasteiger partial charge in [-0.15, -0.1) is 0 Å². The number of carbonyl (C=O) groups excluding carboxylic acids is 1. The van der Waals surface area contributed by atoms with Crippen molar-refractivity contribution < 1.29 is 9.53 Å². The summed E-state index contributed by atoms with van der Waals surface area (Å²) in [6.07, 6.45) is 2.01. The van der Waals surface area contributed by atoms with E-state index in [9.17, 15) is 4.79 Å². The van der Waals surface area contributed by atoms with E-state index in [0.717, 1.165) is 0 Å². The molecule has 1 unspecified atom stereocenters. The first-order chi connectivity index (χ1) is 4.20. The Morgan fingerprint density at radius 2 is 2.56 bits per heavy atom. The van der Waals surface area contributed by atoms with Crippen molar-refractivity contribution >= 4 is 17.0 Å². The van der Waals surface area contributed by atoms with Crippen molar-refractivity contribution in [1.82, 2.24) is 0 Å². The third kappa shape index (κ3) is 4.03. The maximum atomic E-state index is 10.1. The molecule has 2 nitrogen and oxygen atoms in total. The number of ether oxygens (including phenoxy) is 1. The standard InChI is InChI=1S/C6H9ClO2/c1-3-5(4-2)9-6(7)8/h3,5H,1,4H2,2H3. The number of halogens is 1. The zero-order valence-corrected chi connectivity index (χ0v) is 6.02. The van der Waals surface area contributed by atoms with Crippen LogP contribution in [0.3, 0.4) is 0 Å². The van der Waals surface area contributed by atoms with Gasteiger partial charge in [0.1, 0.15) is 6.10 Å². The minimum atomic E-state index is -0.776. The molecular weight excluding hydrogens is 140 g/mol. The van der Waals surface area contributed by atoms with E-state index in [-0.39, 0.29) is 6.10 Å². The van der Waals surface area contributed by atoms with E-state index in [2.05, 4.69) is 11.3 Å². The Morgan fingerprint density at radius 1 is 2.00 bits per heavy atom. The molecule has 0 bridgehead atoms. The third-order valence-electron chi connectivity index (χ3n) is 0.909. The van der Waals surface area contributed by atoms with Crippen LogP contribution in [-0.4, -0.2) is 11.5 Å². The Labute approximate surface area is 59.5 Å². The lowest BCUT2D eigenvalue weighted by Crippen LogP contribution is -2.08. The van der Waals surface area contributed by atoms with Gasteiger partial charge in [-0.3, -0.25) is 0 Å². The summed E-state index contributed by atoms with van der Waals surface area (Å²) in [5.74, 6) is 0. The average Bonchev–Trinajstić information content (AvgIpc) is 1.82. The summed E-state index contributed by atoms with van der Waals surface area (Å²) in [6, 6.07) is 0. The largest absolute Gasteiger partial charge is 0.446 e. The molecule has 0 aromatic rings. The van der Waals surface area contributed by atoms with E-state index in [1.165, 1.54) is 0 Å². The van der Waals surface area contributed by atoms with Crippen molar-refractivity contribution in [1.29, 1.82) is 0 Å². The van der Waals surface area contributed by atoms with Gasteiger partial charge in [0.15, 0.2) is 0 Å². The quantitative estimate of drug-likeness (QED) is 0.454. The fourth-order valence-electron chi connectivity index (χ4n) is 0.417. The number of hydrogen-bond donors (Lipinski definition) is 0. The van der Waals surface area contributed by atoms with Gasteiger partial charge in [-0.05, 0) is 6.42 Å². The first-order valence-electron chi connectivity index (χ1n) is 2.69. The van der Waals surface area contributed by atoms with E-state index in [1.54, 1.807) is 6.08 Å². The summed E-state index contributed by atoms with van der Waals surface area (Å²) in [5, 5.41) is 0. The Balaban J connectivity index is 3.55. The fourth-order valence-corrected chi connectivity index (χ4v) is 0.532. The van der Waals surface area contributed by atoms with Gasteiger partial charge in [-0.1, -0.05) is 19.6 Å². The summed E-state index contributed by atoms with van der Waals surface area (Å²) in [6.45, 7) is 5.33. The Kier molecular flexibility index (Phi) is 4.14. The molecule has 9 heavy (non-hydrogen) atoms. The summed E-state index contributed by atoms with van der Waals surface area (Å²) < 4.78 is 4.56. The molecular formula is C6H9ClO2. The van der Waals surface area contributed by atoms with Gasteiger partial charge in [0, 0.05) is 11.6 Å². The summed E-state index contributed by atoms with van der Waals surface area (Å²) in [5.41, 5.74) is -0.776. The van der Waals surface area contributed by atoms with Crippen LogP contribution in [0, 0.1) is 0 Å². The second-order valence-electron chi connectivity index (χ2n) is 1.54. The lowest BCUT2D eigenvalue weighted by atomic mass is 10.3. The molecule has 0 N–H and O–H groups in total. The molecule has 52 valence electrons. The third-order valence-corrected chi connectivity index (χ3v) is 0.998. The smallest absolute Gasteiger partial charge is 0.404 e. The van der Waals surface area contributed by atoms with Crippen molar-refractivity contribution in [3.63, 3.8) is 0 Å². The van der Waals surface area contributed by atoms with Crippen LogP contribution in [0.5, 0.6) is 0 Å². The highest BCUT2D eigenvalue weighted by Gasteiger charge is 2.03. The molecule has 0 aliphatic rings. The molecule has 0 aromatic carbocycles. The monoisotopic (exact) mass is 148 g/mol. The van der Waals surface area contributed by atoms with E-state index in [4.69, 9.17) is 11.6 Å². The topological polar surface area (TPSA) is 26.3 Å². The minimum Gasteiger partial charge on any atom is -0.446 e. The first-order valence-corrected chi connectivity index (χ1v) is 3.07. The second kappa shape index (κ2) is 4.39. The molecule has 0 aromatic heterocycles. The molecule has 1 atom stereocenters. The average molecular weight is 149 g/mol. The van der Waals surface area contributed by atoms with Crippen LogP contribution in [0.15, 0.2) is 12.7 Å². The second-order valence-corrected chi connectivity index (χ2v) is 1.85. The zero-order chi connectivity index (χ0) is 7.28. The number of carbonyl (C=O) groups is 1. The van der Waals surface area contributed by atoms with Crippen molar-refractivity contribution in [2.75, 3.05) is 0 Å². The van der Waals surface area contributed by atoms with E-state index < -0.39 is 5.43 Å². The molecule has 0 amide bonds. The molecule has 0 aliphatic heterocycles. The van der Waals surface area contributed by atoms with Gasteiger partial charge in [-0.25, -0.2) is 4.79 Å². The highest BCUT2D eigenvalue weighted by Crippen LogP contribution is 2.01. The Hall–Kier alpha value is -0.500. The molecule has 3 heteroatoms. The number of rotatable bonds is 3. The SMILES string of the molecule is C=CC(CC)OC(=O)Cl. The van der Waals surface area contributed by atoms with Crippen LogP contribution in [0.1, 0.15) is 13.3 Å². The van der Waals surface area contributed by atoms with E-state index >= 15 is 0 Å². The lowest BCUT2D eigenvalue weighted by Gasteiger charge is -2.06. The summed E-state index contributed by atoms with van der Waals surface area (Å²) >= 11 is 4.92. The lowest BCUT2D eigenvalue weighted by molar-refractivity contribution is 0.143. The highest BCUT2D eigenvalue weighted by molar-refractivity contribution is 6.61. The van der Waals surface area contributed by atoms with Crippen LogP contribution < -0.4 is 0 Å². The van der Waals surface area contributed by atoms with Gasteiger partial charge in [0.2, 0.25) is 0 Å².